The molecule has 5 aromatic rings. The molecular formula is C51H60BN2. The Kier molecular flexibility index (Phi) is 8.99. The van der Waals surface area contributed by atoms with Crippen LogP contribution in [0.1, 0.15) is 157 Å². The highest BCUT2D eigenvalue weighted by Crippen LogP contribution is 2.49. The number of hydrogen-bond donors (Lipinski definition) is 0. The zero-order valence-electron chi connectivity index (χ0n) is 34.9. The van der Waals surface area contributed by atoms with Gasteiger partial charge < -0.3 is 9.80 Å². The molecule has 0 unspecified atom stereocenters. The van der Waals surface area contributed by atoms with Gasteiger partial charge in [0.25, 0.3) is 0 Å². The second-order valence-electron chi connectivity index (χ2n) is 18.7. The molecular weight excluding hydrogens is 651 g/mol. The lowest BCUT2D eigenvalue weighted by molar-refractivity contribution is 0.620. The highest BCUT2D eigenvalue weighted by molar-refractivity contribution is 6.97. The van der Waals surface area contributed by atoms with Crippen molar-refractivity contribution in [3.05, 3.63) is 153 Å². The number of benzene rings is 5. The van der Waals surface area contributed by atoms with Crippen LogP contribution < -0.4 is 26.2 Å². The van der Waals surface area contributed by atoms with E-state index in [0.717, 1.165) is 13.1 Å². The number of rotatable bonds is 7. The number of nitrogens with zero attached hydrogens (tertiary/aromatic N) is 2. The van der Waals surface area contributed by atoms with E-state index in [0.29, 0.717) is 23.7 Å². The van der Waals surface area contributed by atoms with E-state index < -0.39 is 0 Å². The summed E-state index contributed by atoms with van der Waals surface area (Å²) in [4.78, 5) is 5.48. The van der Waals surface area contributed by atoms with E-state index in [1.165, 1.54) is 84.0 Å². The molecule has 277 valence electrons. The summed E-state index contributed by atoms with van der Waals surface area (Å²) < 4.78 is 0. The summed E-state index contributed by atoms with van der Waals surface area (Å²) in [6.45, 7) is 30.9. The number of hydrogen-bond acceptors (Lipinski definition) is 2. The maximum absolute atomic E-state index is 2.74. The minimum Gasteiger partial charge on any atom is -0.339 e. The topological polar surface area (TPSA) is 6.48 Å². The van der Waals surface area contributed by atoms with E-state index in [-0.39, 0.29) is 17.5 Å². The number of fused-ring (bicyclic) bond motifs is 4. The Hall–Kier alpha value is -4.24. The van der Waals surface area contributed by atoms with E-state index in [1.54, 1.807) is 0 Å². The maximum atomic E-state index is 2.74. The molecule has 8 rings (SSSR count). The molecule has 0 spiro atoms. The normalized spacial score (nSPS) is 17.1. The molecule has 0 aliphatic carbocycles. The molecule has 54 heavy (non-hydrogen) atoms. The van der Waals surface area contributed by atoms with Crippen LogP contribution in [-0.4, -0.2) is 19.8 Å². The smallest absolute Gasteiger partial charge is 0.242 e. The molecule has 2 nitrogen and oxygen atoms in total. The quantitative estimate of drug-likeness (QED) is 0.155. The van der Waals surface area contributed by atoms with E-state index >= 15 is 0 Å². The van der Waals surface area contributed by atoms with Gasteiger partial charge in [0, 0.05) is 40.9 Å². The van der Waals surface area contributed by atoms with Crippen molar-refractivity contribution in [3.63, 3.8) is 0 Å². The minimum absolute atomic E-state index is 0.164. The van der Waals surface area contributed by atoms with Gasteiger partial charge in [0.2, 0.25) is 6.71 Å². The van der Waals surface area contributed by atoms with Gasteiger partial charge in [0.1, 0.15) is 0 Å². The highest BCUT2D eigenvalue weighted by Gasteiger charge is 2.49. The van der Waals surface area contributed by atoms with E-state index in [1.807, 2.05) is 0 Å². The summed E-state index contributed by atoms with van der Waals surface area (Å²) in [5.74, 6) is 1.61. The Bertz CT molecular complexity index is 2030. The lowest BCUT2D eigenvalue weighted by atomic mass is 9.27. The van der Waals surface area contributed by atoms with Crippen LogP contribution in [0.15, 0.2) is 97.1 Å². The van der Waals surface area contributed by atoms with Crippen molar-refractivity contribution in [2.45, 2.75) is 118 Å². The van der Waals surface area contributed by atoms with Crippen LogP contribution in [0.5, 0.6) is 0 Å². The van der Waals surface area contributed by atoms with Crippen molar-refractivity contribution in [2.24, 2.45) is 0 Å². The summed E-state index contributed by atoms with van der Waals surface area (Å²) in [7, 11) is 0. The molecule has 0 aromatic heterocycles. The van der Waals surface area contributed by atoms with Crippen molar-refractivity contribution in [2.75, 3.05) is 22.9 Å². The molecule has 0 atom stereocenters. The molecule has 5 aromatic carbocycles. The molecule has 0 saturated carbocycles. The number of anilines is 2. The van der Waals surface area contributed by atoms with Crippen LogP contribution in [0.2, 0.25) is 0 Å². The first kappa shape index (κ1) is 36.7. The first-order valence-electron chi connectivity index (χ1n) is 20.7. The van der Waals surface area contributed by atoms with Gasteiger partial charge in [-0.15, -0.1) is 0 Å². The van der Waals surface area contributed by atoms with Crippen LogP contribution in [0.3, 0.4) is 0 Å². The predicted octanol–water partition coefficient (Wildman–Crippen LogP) is 10.8. The van der Waals surface area contributed by atoms with E-state index in [4.69, 9.17) is 0 Å². The van der Waals surface area contributed by atoms with E-state index in [2.05, 4.69) is 190 Å². The molecule has 1 radical (unpaired) electrons. The van der Waals surface area contributed by atoms with Gasteiger partial charge in [-0.25, -0.2) is 0 Å². The van der Waals surface area contributed by atoms with Crippen LogP contribution >= 0.6 is 0 Å². The van der Waals surface area contributed by atoms with Crippen molar-refractivity contribution < 1.29 is 0 Å². The molecule has 1 saturated heterocycles. The zero-order valence-corrected chi connectivity index (χ0v) is 34.9. The van der Waals surface area contributed by atoms with Gasteiger partial charge >= 0.3 is 0 Å². The Morgan fingerprint density at radius 3 is 1.17 bits per heavy atom. The fraction of sp³-hybridized carbons (Fsp3) is 0.392. The Labute approximate surface area is 327 Å². The Morgan fingerprint density at radius 2 is 0.815 bits per heavy atom. The highest BCUT2D eigenvalue weighted by atomic mass is 15.4. The molecule has 0 N–H and O–H groups in total. The van der Waals surface area contributed by atoms with Crippen LogP contribution in [0.25, 0.3) is 0 Å². The van der Waals surface area contributed by atoms with Gasteiger partial charge in [0.15, 0.2) is 6.17 Å². The van der Waals surface area contributed by atoms with E-state index in [9.17, 15) is 0 Å². The van der Waals surface area contributed by atoms with Gasteiger partial charge in [-0.3, -0.25) is 0 Å². The van der Waals surface area contributed by atoms with Gasteiger partial charge in [-0.2, -0.15) is 0 Å². The molecule has 1 fully saturated rings. The Balaban J connectivity index is 1.47. The van der Waals surface area contributed by atoms with Gasteiger partial charge in [-0.05, 0) is 68.2 Å². The fourth-order valence-electron chi connectivity index (χ4n) is 10.5. The molecule has 3 heterocycles. The second kappa shape index (κ2) is 13.2. The first-order valence-corrected chi connectivity index (χ1v) is 20.7. The average molecular weight is 712 g/mol. The van der Waals surface area contributed by atoms with Gasteiger partial charge in [-0.1, -0.05) is 197 Å². The average Bonchev–Trinajstić information content (AvgIpc) is 3.58. The van der Waals surface area contributed by atoms with Crippen LogP contribution in [0, 0.1) is 6.17 Å². The fourth-order valence-corrected chi connectivity index (χ4v) is 10.5. The van der Waals surface area contributed by atoms with Crippen molar-refractivity contribution in [3.8, 4) is 0 Å². The third-order valence-electron chi connectivity index (χ3n) is 13.2. The zero-order chi connectivity index (χ0) is 38.4. The van der Waals surface area contributed by atoms with Crippen molar-refractivity contribution in [1.29, 1.82) is 0 Å². The maximum Gasteiger partial charge on any atom is 0.242 e. The second-order valence-corrected chi connectivity index (χ2v) is 18.7. The lowest BCUT2D eigenvalue weighted by Crippen LogP contribution is -2.66. The Morgan fingerprint density at radius 1 is 0.463 bits per heavy atom. The summed E-state index contributed by atoms with van der Waals surface area (Å²) in [5.41, 5.74) is 19.9. The molecule has 3 aliphatic rings. The monoisotopic (exact) mass is 711 g/mol. The summed E-state index contributed by atoms with van der Waals surface area (Å²) in [6, 6.07) is 38.0. The minimum atomic E-state index is -0.164. The third kappa shape index (κ3) is 5.42. The van der Waals surface area contributed by atoms with Crippen molar-refractivity contribution in [1.82, 2.24) is 0 Å². The molecule has 3 aliphatic heterocycles. The first-order chi connectivity index (χ1) is 25.7. The molecule has 3 heteroatoms. The summed E-state index contributed by atoms with van der Waals surface area (Å²) in [6.07, 6.45) is 1.33. The lowest BCUT2D eigenvalue weighted by Gasteiger charge is -2.47. The largest absolute Gasteiger partial charge is 0.339 e. The standard InChI is InChI=1S/C51H60BN2/c1-31(2)36-19-17-20-37(32(3)4)47(36)53-27-28-54(48-38(33(5)6)21-18-22-39(48)34(7)8)49(53)35-29-42-46-43(30-35)51(11,12)41-24-14-16-26-45(41)52(46)44-25-15-13-23-40(44)50(42,9)10/h13-26,29-34H,27-28H2,1-12H3. The SMILES string of the molecule is CC(C)c1cccc(C(C)C)c1N1CCN(c2c(C(C)C)cccc2C(C)C)[C]1c1cc2c3c(c1)C(C)(C)c1ccccc1B3c1ccccc1C2(C)C. The van der Waals surface area contributed by atoms with Crippen LogP contribution in [-0.2, 0) is 10.8 Å². The van der Waals surface area contributed by atoms with Gasteiger partial charge in [0.05, 0.1) is 0 Å². The van der Waals surface area contributed by atoms with Crippen LogP contribution in [0.4, 0.5) is 11.4 Å². The molecule has 0 bridgehead atoms. The van der Waals surface area contributed by atoms with Crippen molar-refractivity contribution >= 4 is 34.5 Å². The predicted molar refractivity (Wildman–Crippen MR) is 235 cm³/mol. The summed E-state index contributed by atoms with van der Waals surface area (Å²) in [5, 5.41) is 0. The summed E-state index contributed by atoms with van der Waals surface area (Å²) >= 11 is 0. The molecule has 0 amide bonds. The third-order valence-corrected chi connectivity index (χ3v) is 13.2. The number of para-hydroxylation sites is 2.